The summed E-state index contributed by atoms with van der Waals surface area (Å²) in [6.07, 6.45) is 1.47. The van der Waals surface area contributed by atoms with Crippen molar-refractivity contribution in [2.75, 3.05) is 10.6 Å². The Bertz CT molecular complexity index is 1010. The van der Waals surface area contributed by atoms with Crippen molar-refractivity contribution in [1.82, 2.24) is 9.55 Å². The summed E-state index contributed by atoms with van der Waals surface area (Å²) in [6, 6.07) is 15.6. The maximum Gasteiger partial charge on any atom is 0.227 e. The van der Waals surface area contributed by atoms with Crippen molar-refractivity contribution in [1.29, 1.82) is 0 Å². The van der Waals surface area contributed by atoms with Crippen molar-refractivity contribution in [2.45, 2.75) is 32.7 Å². The number of nitrogens with one attached hydrogen (secondary N) is 2. The number of carbonyl (C=O) groups excluding carboxylic acids is 2. The molecular weight excluding hydrogens is 340 g/mol. The van der Waals surface area contributed by atoms with Gasteiger partial charge in [-0.25, -0.2) is 4.98 Å². The standard InChI is InChI=1S/C21H22N4O2/c1-2-25-18-10-6-5-9-17(18)23-21(25)24-19(26)12-11-15-13-14-7-3-4-8-16(14)22-20(15)27/h3-10,15H,2,11-13H2,1H3,(H,22,27)(H,23,24,26). The molecule has 6 nitrogen and oxygen atoms in total. The van der Waals surface area contributed by atoms with E-state index in [1.54, 1.807) is 0 Å². The van der Waals surface area contributed by atoms with Crippen LogP contribution in [0, 0.1) is 5.92 Å². The highest BCUT2D eigenvalue weighted by Crippen LogP contribution is 2.27. The Labute approximate surface area is 157 Å². The minimum atomic E-state index is -0.185. The molecule has 138 valence electrons. The fourth-order valence-corrected chi connectivity index (χ4v) is 3.63. The largest absolute Gasteiger partial charge is 0.326 e. The van der Waals surface area contributed by atoms with Crippen LogP contribution in [0.3, 0.4) is 0 Å². The molecule has 0 fully saturated rings. The van der Waals surface area contributed by atoms with E-state index in [1.807, 2.05) is 60.0 Å². The molecule has 0 bridgehead atoms. The summed E-state index contributed by atoms with van der Waals surface area (Å²) >= 11 is 0. The summed E-state index contributed by atoms with van der Waals surface area (Å²) < 4.78 is 1.98. The van der Waals surface area contributed by atoms with Gasteiger partial charge in [0.1, 0.15) is 0 Å². The number of aromatic nitrogens is 2. The van der Waals surface area contributed by atoms with Crippen LogP contribution in [0.25, 0.3) is 11.0 Å². The molecule has 3 aromatic rings. The number of amides is 2. The lowest BCUT2D eigenvalue weighted by Gasteiger charge is -2.24. The van der Waals surface area contributed by atoms with Crippen molar-refractivity contribution in [3.05, 3.63) is 54.1 Å². The summed E-state index contributed by atoms with van der Waals surface area (Å²) in [4.78, 5) is 29.3. The number of aryl methyl sites for hydroxylation is 1. The van der Waals surface area contributed by atoms with Crippen LogP contribution in [-0.2, 0) is 22.6 Å². The second-order valence-corrected chi connectivity index (χ2v) is 6.80. The molecule has 0 saturated carbocycles. The first-order chi connectivity index (χ1) is 13.2. The van der Waals surface area contributed by atoms with E-state index >= 15 is 0 Å². The average Bonchev–Trinajstić information content (AvgIpc) is 3.03. The SMILES string of the molecule is CCn1c(NC(=O)CCC2Cc3ccccc3NC2=O)nc2ccccc21. The van der Waals surface area contributed by atoms with Gasteiger partial charge in [-0.1, -0.05) is 30.3 Å². The number of hydrogen-bond acceptors (Lipinski definition) is 3. The smallest absolute Gasteiger partial charge is 0.227 e. The molecule has 6 heteroatoms. The van der Waals surface area contributed by atoms with Gasteiger partial charge in [-0.05, 0) is 43.5 Å². The minimum Gasteiger partial charge on any atom is -0.326 e. The lowest BCUT2D eigenvalue weighted by Crippen LogP contribution is -2.30. The Hall–Kier alpha value is -3.15. The quantitative estimate of drug-likeness (QED) is 0.728. The normalized spacial score (nSPS) is 16.0. The van der Waals surface area contributed by atoms with Gasteiger partial charge in [-0.2, -0.15) is 0 Å². The van der Waals surface area contributed by atoms with Gasteiger partial charge < -0.3 is 9.88 Å². The highest BCUT2D eigenvalue weighted by Gasteiger charge is 2.26. The van der Waals surface area contributed by atoms with Crippen LogP contribution in [-0.4, -0.2) is 21.4 Å². The van der Waals surface area contributed by atoms with E-state index in [2.05, 4.69) is 15.6 Å². The monoisotopic (exact) mass is 362 g/mol. The number of para-hydroxylation sites is 3. The molecule has 1 aliphatic heterocycles. The number of benzene rings is 2. The van der Waals surface area contributed by atoms with Gasteiger partial charge in [0.05, 0.1) is 11.0 Å². The van der Waals surface area contributed by atoms with E-state index in [4.69, 9.17) is 0 Å². The predicted molar refractivity (Wildman–Crippen MR) is 106 cm³/mol. The Kier molecular flexibility index (Phi) is 4.62. The topological polar surface area (TPSA) is 76.0 Å². The fraction of sp³-hybridized carbons (Fsp3) is 0.286. The molecule has 0 aliphatic carbocycles. The van der Waals surface area contributed by atoms with Crippen molar-refractivity contribution >= 4 is 34.5 Å². The van der Waals surface area contributed by atoms with E-state index in [9.17, 15) is 9.59 Å². The first kappa shape index (κ1) is 17.3. The third-order valence-electron chi connectivity index (χ3n) is 5.05. The van der Waals surface area contributed by atoms with Crippen molar-refractivity contribution in [3.63, 3.8) is 0 Å². The summed E-state index contributed by atoms with van der Waals surface area (Å²) in [6.45, 7) is 2.74. The number of hydrogen-bond donors (Lipinski definition) is 2. The highest BCUT2D eigenvalue weighted by atomic mass is 16.2. The third kappa shape index (κ3) is 3.43. The Morgan fingerprint density at radius 1 is 1.22 bits per heavy atom. The number of nitrogens with zero attached hydrogens (tertiary/aromatic N) is 2. The lowest BCUT2D eigenvalue weighted by molar-refractivity contribution is -0.121. The highest BCUT2D eigenvalue weighted by molar-refractivity contribution is 5.96. The summed E-state index contributed by atoms with van der Waals surface area (Å²) in [7, 11) is 0. The van der Waals surface area contributed by atoms with Gasteiger partial charge in [-0.15, -0.1) is 0 Å². The predicted octanol–water partition coefficient (Wildman–Crippen LogP) is 3.59. The molecule has 0 spiro atoms. The zero-order valence-electron chi connectivity index (χ0n) is 15.2. The Morgan fingerprint density at radius 2 is 2.00 bits per heavy atom. The summed E-state index contributed by atoms with van der Waals surface area (Å²) in [5.41, 5.74) is 3.85. The number of carbonyl (C=O) groups is 2. The Balaban J connectivity index is 1.41. The molecule has 1 aromatic heterocycles. The number of rotatable bonds is 5. The van der Waals surface area contributed by atoms with Gasteiger partial charge in [0.2, 0.25) is 17.8 Å². The zero-order chi connectivity index (χ0) is 18.8. The molecule has 4 rings (SSSR count). The van der Waals surface area contributed by atoms with Crippen LogP contribution in [0.5, 0.6) is 0 Å². The molecule has 2 N–H and O–H groups in total. The molecule has 27 heavy (non-hydrogen) atoms. The molecule has 1 atom stereocenters. The minimum absolute atomic E-state index is 0.0118. The van der Waals surface area contributed by atoms with Gasteiger partial charge in [0, 0.05) is 24.6 Å². The summed E-state index contributed by atoms with van der Waals surface area (Å²) in [5, 5.41) is 5.84. The second kappa shape index (κ2) is 7.23. The van der Waals surface area contributed by atoms with Crippen LogP contribution < -0.4 is 10.6 Å². The van der Waals surface area contributed by atoms with E-state index in [0.29, 0.717) is 18.8 Å². The summed E-state index contributed by atoms with van der Waals surface area (Å²) in [5.74, 6) is 0.242. The molecular formula is C21H22N4O2. The second-order valence-electron chi connectivity index (χ2n) is 6.80. The van der Waals surface area contributed by atoms with Crippen LogP contribution in [0.4, 0.5) is 11.6 Å². The third-order valence-corrected chi connectivity index (χ3v) is 5.05. The lowest BCUT2D eigenvalue weighted by atomic mass is 9.89. The van der Waals surface area contributed by atoms with Gasteiger partial charge in [0.15, 0.2) is 0 Å². The van der Waals surface area contributed by atoms with Crippen molar-refractivity contribution in [3.8, 4) is 0 Å². The molecule has 2 heterocycles. The van der Waals surface area contributed by atoms with Crippen LogP contribution in [0.15, 0.2) is 48.5 Å². The number of fused-ring (bicyclic) bond motifs is 2. The average molecular weight is 362 g/mol. The van der Waals surface area contributed by atoms with E-state index in [0.717, 1.165) is 28.8 Å². The van der Waals surface area contributed by atoms with E-state index in [-0.39, 0.29) is 24.2 Å². The zero-order valence-corrected chi connectivity index (χ0v) is 15.2. The van der Waals surface area contributed by atoms with Crippen LogP contribution >= 0.6 is 0 Å². The van der Waals surface area contributed by atoms with E-state index in [1.165, 1.54) is 0 Å². The maximum absolute atomic E-state index is 12.5. The number of anilines is 2. The molecule has 0 radical (unpaired) electrons. The van der Waals surface area contributed by atoms with Gasteiger partial charge in [0.25, 0.3) is 0 Å². The molecule has 1 unspecified atom stereocenters. The maximum atomic E-state index is 12.5. The molecule has 2 amide bonds. The van der Waals surface area contributed by atoms with E-state index < -0.39 is 0 Å². The fourth-order valence-electron chi connectivity index (χ4n) is 3.63. The van der Waals surface area contributed by atoms with Crippen molar-refractivity contribution < 1.29 is 9.59 Å². The van der Waals surface area contributed by atoms with Gasteiger partial charge >= 0.3 is 0 Å². The van der Waals surface area contributed by atoms with Crippen LogP contribution in [0.2, 0.25) is 0 Å². The van der Waals surface area contributed by atoms with Crippen LogP contribution in [0.1, 0.15) is 25.3 Å². The molecule has 1 aliphatic rings. The first-order valence-electron chi connectivity index (χ1n) is 9.29. The first-order valence-corrected chi connectivity index (χ1v) is 9.29. The molecule has 2 aromatic carbocycles. The van der Waals surface area contributed by atoms with Crippen molar-refractivity contribution in [2.24, 2.45) is 5.92 Å². The van der Waals surface area contributed by atoms with Gasteiger partial charge in [-0.3, -0.25) is 14.9 Å². The molecule has 0 saturated heterocycles. The Morgan fingerprint density at radius 3 is 2.85 bits per heavy atom. The number of imidazole rings is 1.